The summed E-state index contributed by atoms with van der Waals surface area (Å²) in [6.07, 6.45) is 4.69. The minimum absolute atomic E-state index is 0.0332. The molecule has 2 unspecified atom stereocenters. The van der Waals surface area contributed by atoms with Gasteiger partial charge in [-0.05, 0) is 48.3 Å². The Morgan fingerprint density at radius 1 is 1.42 bits per heavy atom. The first-order valence-corrected chi connectivity index (χ1v) is 9.54. The molecule has 1 heterocycles. The van der Waals surface area contributed by atoms with Crippen molar-refractivity contribution in [3.63, 3.8) is 0 Å². The maximum Gasteiger partial charge on any atom is 0.170 e. The van der Waals surface area contributed by atoms with Gasteiger partial charge < -0.3 is 19.9 Å². The number of phenolic OH excluding ortho intramolecular Hbond substituents is 1. The van der Waals surface area contributed by atoms with Crippen LogP contribution in [0.3, 0.4) is 0 Å². The average Bonchev–Trinajstić information content (AvgIpc) is 3.03. The Labute approximate surface area is 154 Å². The molecule has 1 aliphatic heterocycles. The van der Waals surface area contributed by atoms with Crippen LogP contribution in [0.15, 0.2) is 30.9 Å². The van der Waals surface area contributed by atoms with Crippen LogP contribution in [-0.4, -0.2) is 24.4 Å². The summed E-state index contributed by atoms with van der Waals surface area (Å²) in [5, 5.41) is 15.9. The van der Waals surface area contributed by atoms with Crippen LogP contribution in [0.2, 0.25) is 0 Å². The van der Waals surface area contributed by atoms with Crippen molar-refractivity contribution in [2.24, 2.45) is 5.92 Å². The molecule has 0 bridgehead atoms. The Kier molecular flexibility index (Phi) is 4.53. The lowest BCUT2D eigenvalue weighted by Gasteiger charge is -2.31. The van der Waals surface area contributed by atoms with Crippen molar-refractivity contribution in [1.82, 2.24) is 0 Å². The fourth-order valence-electron chi connectivity index (χ4n) is 4.08. The highest BCUT2D eigenvalue weighted by molar-refractivity contribution is 5.99. The molecule has 4 heteroatoms. The summed E-state index contributed by atoms with van der Waals surface area (Å²) in [4.78, 5) is 0. The number of hydrogen-bond donors (Lipinski definition) is 2. The van der Waals surface area contributed by atoms with Gasteiger partial charge >= 0.3 is 0 Å². The smallest absolute Gasteiger partial charge is 0.170 e. The van der Waals surface area contributed by atoms with Crippen LogP contribution < -0.4 is 10.1 Å². The number of ether oxygens (including phenoxy) is 2. The fourth-order valence-corrected chi connectivity index (χ4v) is 4.08. The molecule has 2 atom stereocenters. The van der Waals surface area contributed by atoms with Gasteiger partial charge in [-0.3, -0.25) is 0 Å². The minimum Gasteiger partial charge on any atom is -0.504 e. The molecule has 0 fully saturated rings. The fraction of sp³-hybridized carbons (Fsp3) is 0.455. The Morgan fingerprint density at radius 2 is 2.27 bits per heavy atom. The van der Waals surface area contributed by atoms with E-state index in [0.717, 1.165) is 48.9 Å². The molecular formula is C22H27NO3. The number of rotatable bonds is 7. The number of aromatic hydroxyl groups is 1. The van der Waals surface area contributed by atoms with Crippen molar-refractivity contribution in [1.29, 1.82) is 0 Å². The third-order valence-electron chi connectivity index (χ3n) is 5.40. The van der Waals surface area contributed by atoms with Crippen molar-refractivity contribution in [2.75, 3.05) is 18.5 Å². The number of phenols is 1. The number of nitrogens with one attached hydrogen (secondary N) is 1. The van der Waals surface area contributed by atoms with Crippen LogP contribution in [-0.2, 0) is 11.2 Å². The lowest BCUT2D eigenvalue weighted by atomic mass is 9.84. The van der Waals surface area contributed by atoms with Crippen molar-refractivity contribution in [2.45, 2.75) is 45.3 Å². The highest BCUT2D eigenvalue weighted by Gasteiger charge is 2.40. The first kappa shape index (κ1) is 17.2. The first-order chi connectivity index (χ1) is 12.6. The van der Waals surface area contributed by atoms with E-state index in [1.165, 1.54) is 11.1 Å². The molecule has 138 valence electrons. The van der Waals surface area contributed by atoms with Gasteiger partial charge in [-0.15, -0.1) is 6.58 Å². The van der Waals surface area contributed by atoms with Crippen molar-refractivity contribution in [3.05, 3.63) is 42.0 Å². The van der Waals surface area contributed by atoms with E-state index in [1.54, 1.807) is 6.07 Å². The molecule has 0 aromatic heterocycles. The lowest BCUT2D eigenvalue weighted by molar-refractivity contribution is -0.0355. The van der Waals surface area contributed by atoms with Crippen molar-refractivity contribution < 1.29 is 14.6 Å². The van der Waals surface area contributed by atoms with Crippen LogP contribution in [0.5, 0.6) is 11.5 Å². The van der Waals surface area contributed by atoms with Crippen LogP contribution in [0.25, 0.3) is 10.8 Å². The molecule has 1 aliphatic carbocycles. The minimum atomic E-state index is -0.137. The third kappa shape index (κ3) is 2.82. The maximum atomic E-state index is 10.3. The molecule has 2 aromatic rings. The average molecular weight is 353 g/mol. The normalized spacial score (nSPS) is 20.4. The van der Waals surface area contributed by atoms with E-state index in [-0.39, 0.29) is 18.0 Å². The monoisotopic (exact) mass is 353 g/mol. The van der Waals surface area contributed by atoms with E-state index in [9.17, 15) is 5.11 Å². The summed E-state index contributed by atoms with van der Waals surface area (Å²) in [6, 6.07) is 5.84. The summed E-state index contributed by atoms with van der Waals surface area (Å²) in [6.45, 7) is 9.70. The zero-order valence-corrected chi connectivity index (χ0v) is 15.5. The summed E-state index contributed by atoms with van der Waals surface area (Å²) in [5.74, 6) is 1.44. The second kappa shape index (κ2) is 6.84. The molecular weight excluding hydrogens is 326 g/mol. The van der Waals surface area contributed by atoms with Crippen molar-refractivity contribution in [3.8, 4) is 11.5 Å². The SMILES string of the molecule is C=CCNc1cc2ccc(O)c3c2c2c1CCC(OCCC(C)C)C2O3. The van der Waals surface area contributed by atoms with Crippen LogP contribution in [0, 0.1) is 5.92 Å². The van der Waals surface area contributed by atoms with Gasteiger partial charge in [-0.2, -0.15) is 0 Å². The van der Waals surface area contributed by atoms with E-state index in [4.69, 9.17) is 9.47 Å². The Hall–Kier alpha value is -2.20. The Balaban J connectivity index is 1.74. The molecule has 2 aromatic carbocycles. The van der Waals surface area contributed by atoms with E-state index >= 15 is 0 Å². The molecule has 0 saturated heterocycles. The molecule has 0 radical (unpaired) electrons. The second-order valence-corrected chi connectivity index (χ2v) is 7.67. The molecule has 0 amide bonds. The molecule has 0 saturated carbocycles. The van der Waals surface area contributed by atoms with Crippen molar-refractivity contribution >= 4 is 16.5 Å². The van der Waals surface area contributed by atoms with E-state index in [2.05, 4.69) is 31.8 Å². The van der Waals surface area contributed by atoms with Gasteiger partial charge in [0, 0.05) is 29.8 Å². The van der Waals surface area contributed by atoms with Gasteiger partial charge in [0.05, 0.1) is 6.10 Å². The number of benzene rings is 2. The zero-order valence-electron chi connectivity index (χ0n) is 15.5. The predicted molar refractivity (Wildman–Crippen MR) is 105 cm³/mol. The lowest BCUT2D eigenvalue weighted by Crippen LogP contribution is -2.30. The summed E-state index contributed by atoms with van der Waals surface area (Å²) in [7, 11) is 0. The van der Waals surface area contributed by atoms with Crippen LogP contribution in [0.1, 0.15) is 43.9 Å². The summed E-state index contributed by atoms with van der Waals surface area (Å²) < 4.78 is 12.5. The first-order valence-electron chi connectivity index (χ1n) is 9.54. The van der Waals surface area contributed by atoms with Gasteiger partial charge in [0.15, 0.2) is 17.6 Å². The summed E-state index contributed by atoms with van der Waals surface area (Å²) >= 11 is 0. The quantitative estimate of drug-likeness (QED) is 0.691. The van der Waals surface area contributed by atoms with Gasteiger partial charge in [0.1, 0.15) is 0 Å². The Bertz CT molecular complexity index is 843. The highest BCUT2D eigenvalue weighted by atomic mass is 16.5. The standard InChI is InChI=1S/C22H27NO3/c1-4-10-23-16-12-14-5-7-17(24)21-19(14)20-15(16)6-8-18(22(20)26-21)25-11-9-13(2)3/h4-5,7,12-13,18,22-24H,1,6,8-11H2,2-3H3. The molecule has 4 nitrogen and oxygen atoms in total. The van der Waals surface area contributed by atoms with Gasteiger partial charge in [0.2, 0.25) is 0 Å². The maximum absolute atomic E-state index is 10.3. The summed E-state index contributed by atoms with van der Waals surface area (Å²) in [5.41, 5.74) is 3.62. The van der Waals surface area contributed by atoms with E-state index < -0.39 is 0 Å². The number of hydrogen-bond acceptors (Lipinski definition) is 4. The Morgan fingerprint density at radius 3 is 3.04 bits per heavy atom. The topological polar surface area (TPSA) is 50.7 Å². The van der Waals surface area contributed by atoms with E-state index in [1.807, 2.05) is 12.1 Å². The molecule has 2 N–H and O–H groups in total. The van der Waals surface area contributed by atoms with Gasteiger partial charge in [0.25, 0.3) is 0 Å². The second-order valence-electron chi connectivity index (χ2n) is 7.67. The largest absolute Gasteiger partial charge is 0.504 e. The molecule has 4 rings (SSSR count). The molecule has 2 aliphatic rings. The van der Waals surface area contributed by atoms with Gasteiger partial charge in [-0.1, -0.05) is 26.0 Å². The van der Waals surface area contributed by atoms with Gasteiger partial charge in [-0.25, -0.2) is 0 Å². The highest BCUT2D eigenvalue weighted by Crippen LogP contribution is 2.53. The van der Waals surface area contributed by atoms with Crippen LogP contribution in [0.4, 0.5) is 5.69 Å². The van der Waals surface area contributed by atoms with Crippen LogP contribution >= 0.6 is 0 Å². The van der Waals surface area contributed by atoms with E-state index in [0.29, 0.717) is 11.7 Å². The number of anilines is 1. The third-order valence-corrected chi connectivity index (χ3v) is 5.40. The zero-order chi connectivity index (χ0) is 18.3. The molecule has 0 spiro atoms. The predicted octanol–water partition coefficient (Wildman–Crippen LogP) is 4.95. The molecule has 26 heavy (non-hydrogen) atoms.